The van der Waals surface area contributed by atoms with Crippen LogP contribution in [0.2, 0.25) is 0 Å². The molecule has 0 fully saturated rings. The van der Waals surface area contributed by atoms with E-state index in [1.807, 2.05) is 0 Å². The van der Waals surface area contributed by atoms with Crippen molar-refractivity contribution in [2.24, 2.45) is 0 Å². The van der Waals surface area contributed by atoms with Gasteiger partial charge in [0.25, 0.3) is 5.75 Å². The van der Waals surface area contributed by atoms with Crippen LogP contribution in [0.25, 0.3) is 6.08 Å². The molecule has 0 unspecified atom stereocenters. The number of para-hydroxylation sites is 1. The lowest BCUT2D eigenvalue weighted by molar-refractivity contribution is -0.395. The van der Waals surface area contributed by atoms with E-state index in [9.17, 15) is 25.0 Å². The summed E-state index contributed by atoms with van der Waals surface area (Å²) >= 11 is 0. The maximum atomic E-state index is 11.8. The van der Waals surface area contributed by atoms with Crippen molar-refractivity contribution in [2.45, 2.75) is 0 Å². The Bertz CT molecular complexity index is 796. The summed E-state index contributed by atoms with van der Waals surface area (Å²) in [4.78, 5) is 31.9. The zero-order chi connectivity index (χ0) is 17.7. The zero-order valence-corrected chi connectivity index (χ0v) is 12.0. The fourth-order valence-electron chi connectivity index (χ4n) is 1.79. The Kier molecular flexibility index (Phi) is 4.85. The number of hydrogen-bond donors (Lipinski definition) is 1. The number of nitro groups is 2. The Hall–Kier alpha value is -3.75. The number of rotatable bonds is 5. The second kappa shape index (κ2) is 7.01. The maximum absolute atomic E-state index is 11.8. The van der Waals surface area contributed by atoms with Crippen LogP contribution in [-0.2, 0) is 4.79 Å². The molecule has 0 aliphatic rings. The van der Waals surface area contributed by atoms with Crippen molar-refractivity contribution in [3.05, 3.63) is 74.3 Å². The van der Waals surface area contributed by atoms with E-state index in [1.54, 1.807) is 0 Å². The minimum atomic E-state index is -1.01. The predicted molar refractivity (Wildman–Crippen MR) is 82.5 cm³/mol. The van der Waals surface area contributed by atoms with Gasteiger partial charge in [-0.25, -0.2) is 4.79 Å². The van der Waals surface area contributed by atoms with Gasteiger partial charge in [-0.2, -0.15) is 0 Å². The number of phenols is 1. The van der Waals surface area contributed by atoms with Gasteiger partial charge < -0.3 is 9.84 Å². The Balaban J connectivity index is 2.26. The summed E-state index contributed by atoms with van der Waals surface area (Å²) in [5.41, 5.74) is -0.812. The van der Waals surface area contributed by atoms with E-state index in [4.69, 9.17) is 9.84 Å². The summed E-state index contributed by atoms with van der Waals surface area (Å²) in [5, 5.41) is 31.0. The maximum Gasteiger partial charge on any atom is 0.336 e. The molecule has 1 N–H and O–H groups in total. The molecule has 0 aliphatic heterocycles. The number of nitrogens with zero attached hydrogens (tertiary/aromatic N) is 2. The third-order valence-corrected chi connectivity index (χ3v) is 2.87. The number of hydrogen-bond acceptors (Lipinski definition) is 7. The van der Waals surface area contributed by atoms with E-state index in [0.717, 1.165) is 24.3 Å². The highest BCUT2D eigenvalue weighted by atomic mass is 16.6. The molecule has 0 spiro atoms. The Morgan fingerprint density at radius 2 is 1.54 bits per heavy atom. The van der Waals surface area contributed by atoms with Crippen molar-refractivity contribution in [3.63, 3.8) is 0 Å². The number of carbonyl (C=O) groups excluding carboxylic acids is 1. The first-order valence-electron chi connectivity index (χ1n) is 6.49. The van der Waals surface area contributed by atoms with Gasteiger partial charge >= 0.3 is 17.3 Å². The van der Waals surface area contributed by atoms with Crippen molar-refractivity contribution < 1.29 is 24.5 Å². The van der Waals surface area contributed by atoms with Crippen LogP contribution in [0.15, 0.2) is 48.5 Å². The van der Waals surface area contributed by atoms with Crippen molar-refractivity contribution in [1.29, 1.82) is 0 Å². The Morgan fingerprint density at radius 1 is 1.00 bits per heavy atom. The number of esters is 1. The van der Waals surface area contributed by atoms with Crippen molar-refractivity contribution in [3.8, 4) is 11.5 Å². The normalized spacial score (nSPS) is 10.5. The van der Waals surface area contributed by atoms with Gasteiger partial charge in [-0.15, -0.1) is 0 Å². The molecular weight excluding hydrogens is 320 g/mol. The summed E-state index contributed by atoms with van der Waals surface area (Å²) in [6.45, 7) is 0. The molecule has 2 rings (SSSR count). The fourth-order valence-corrected chi connectivity index (χ4v) is 1.79. The summed E-state index contributed by atoms with van der Waals surface area (Å²) in [6.07, 6.45) is 2.30. The van der Waals surface area contributed by atoms with Crippen LogP contribution in [0, 0.1) is 20.2 Å². The van der Waals surface area contributed by atoms with Crippen LogP contribution >= 0.6 is 0 Å². The second-order valence-corrected chi connectivity index (χ2v) is 4.49. The van der Waals surface area contributed by atoms with Gasteiger partial charge in [0.2, 0.25) is 0 Å². The number of aromatic hydroxyl groups is 1. The Labute approximate surface area is 134 Å². The standard InChI is InChI=1S/C15H10N2O7/c18-11-7-4-10(5-8-11)6-9-14(19)24-15-12(16(20)21)2-1-3-13(15)17(22)23/h1-9,18H/b9-6+. The van der Waals surface area contributed by atoms with Gasteiger partial charge in [-0.1, -0.05) is 12.1 Å². The van der Waals surface area contributed by atoms with Crippen molar-refractivity contribution in [1.82, 2.24) is 0 Å². The summed E-state index contributed by atoms with van der Waals surface area (Å²) in [6, 6.07) is 8.97. The number of carbonyl (C=O) groups is 1. The van der Waals surface area contributed by atoms with E-state index >= 15 is 0 Å². The van der Waals surface area contributed by atoms with Gasteiger partial charge in [0.15, 0.2) is 0 Å². The highest BCUT2D eigenvalue weighted by Crippen LogP contribution is 2.36. The number of phenolic OH excluding ortho intramolecular Hbond substituents is 1. The fraction of sp³-hybridized carbons (Fsp3) is 0. The smallest absolute Gasteiger partial charge is 0.336 e. The van der Waals surface area contributed by atoms with Gasteiger partial charge in [-0.3, -0.25) is 20.2 Å². The van der Waals surface area contributed by atoms with Crippen LogP contribution in [-0.4, -0.2) is 20.9 Å². The molecule has 0 saturated heterocycles. The van der Waals surface area contributed by atoms with Crippen LogP contribution in [0.1, 0.15) is 5.56 Å². The molecule has 9 heteroatoms. The molecule has 0 aromatic heterocycles. The number of nitro benzene ring substituents is 2. The first-order valence-corrected chi connectivity index (χ1v) is 6.49. The molecule has 0 radical (unpaired) electrons. The molecule has 24 heavy (non-hydrogen) atoms. The summed E-state index contributed by atoms with van der Waals surface area (Å²) < 4.78 is 4.79. The average Bonchev–Trinajstić information content (AvgIpc) is 2.54. The summed E-state index contributed by atoms with van der Waals surface area (Å²) in [5.74, 6) is -1.70. The van der Waals surface area contributed by atoms with E-state index in [2.05, 4.69) is 0 Å². The SMILES string of the molecule is O=C(/C=C/c1ccc(O)cc1)Oc1c([N+](=O)[O-])cccc1[N+](=O)[O-]. The molecule has 0 atom stereocenters. The highest BCUT2D eigenvalue weighted by Gasteiger charge is 2.28. The largest absolute Gasteiger partial charge is 0.508 e. The van der Waals surface area contributed by atoms with Crippen molar-refractivity contribution >= 4 is 23.4 Å². The molecule has 0 saturated carbocycles. The van der Waals surface area contributed by atoms with Gasteiger partial charge in [0.05, 0.1) is 9.85 Å². The Morgan fingerprint density at radius 3 is 2.04 bits per heavy atom. The summed E-state index contributed by atoms with van der Waals surface area (Å²) in [7, 11) is 0. The van der Waals surface area contributed by atoms with E-state index < -0.39 is 32.9 Å². The molecule has 2 aromatic carbocycles. The number of benzene rings is 2. The number of ether oxygens (including phenoxy) is 1. The van der Waals surface area contributed by atoms with Gasteiger partial charge in [0, 0.05) is 18.2 Å². The van der Waals surface area contributed by atoms with E-state index in [-0.39, 0.29) is 5.75 Å². The van der Waals surface area contributed by atoms with Crippen LogP contribution in [0.3, 0.4) is 0 Å². The molecule has 0 bridgehead atoms. The van der Waals surface area contributed by atoms with E-state index in [0.29, 0.717) is 5.56 Å². The monoisotopic (exact) mass is 330 g/mol. The second-order valence-electron chi connectivity index (χ2n) is 4.49. The van der Waals surface area contributed by atoms with Crippen LogP contribution < -0.4 is 4.74 Å². The molecule has 0 heterocycles. The molecule has 2 aromatic rings. The van der Waals surface area contributed by atoms with Gasteiger partial charge in [0.1, 0.15) is 5.75 Å². The molecule has 0 amide bonds. The lowest BCUT2D eigenvalue weighted by Crippen LogP contribution is -2.08. The lowest BCUT2D eigenvalue weighted by Gasteiger charge is -2.03. The zero-order valence-electron chi connectivity index (χ0n) is 12.0. The van der Waals surface area contributed by atoms with Crippen LogP contribution in [0.4, 0.5) is 11.4 Å². The predicted octanol–water partition coefficient (Wildman–Crippen LogP) is 2.83. The quantitative estimate of drug-likeness (QED) is 0.293. The molecule has 9 nitrogen and oxygen atoms in total. The average molecular weight is 330 g/mol. The molecule has 0 aliphatic carbocycles. The molecular formula is C15H10N2O7. The minimum absolute atomic E-state index is 0.0465. The first-order chi connectivity index (χ1) is 11.4. The van der Waals surface area contributed by atoms with Crippen molar-refractivity contribution in [2.75, 3.05) is 0 Å². The molecule has 122 valence electrons. The minimum Gasteiger partial charge on any atom is -0.508 e. The third kappa shape index (κ3) is 3.91. The van der Waals surface area contributed by atoms with Gasteiger partial charge in [-0.05, 0) is 29.8 Å². The first kappa shape index (κ1) is 16.6. The highest BCUT2D eigenvalue weighted by molar-refractivity contribution is 5.90. The van der Waals surface area contributed by atoms with Crippen LogP contribution in [0.5, 0.6) is 11.5 Å². The lowest BCUT2D eigenvalue weighted by atomic mass is 10.2. The van der Waals surface area contributed by atoms with E-state index in [1.165, 1.54) is 30.3 Å². The topological polar surface area (TPSA) is 133 Å². The third-order valence-electron chi connectivity index (χ3n) is 2.87.